The molecule has 1 aromatic carbocycles. The maximum Gasteiger partial charge on any atom is 0.342 e. The van der Waals surface area contributed by atoms with Crippen LogP contribution in [-0.2, 0) is 17.7 Å². The van der Waals surface area contributed by atoms with E-state index >= 15 is 0 Å². The highest BCUT2D eigenvalue weighted by atomic mass is 19.1. The van der Waals surface area contributed by atoms with E-state index in [0.717, 1.165) is 6.42 Å². The van der Waals surface area contributed by atoms with Crippen molar-refractivity contribution in [3.8, 4) is 5.75 Å². The molecule has 0 saturated heterocycles. The summed E-state index contributed by atoms with van der Waals surface area (Å²) in [5.74, 6) is -0.693. The third kappa shape index (κ3) is 4.30. The lowest BCUT2D eigenvalue weighted by Crippen LogP contribution is -2.24. The molecular weight excluding hydrogens is 351 g/mol. The van der Waals surface area contributed by atoms with Crippen LogP contribution in [0, 0.1) is 5.82 Å². The van der Waals surface area contributed by atoms with Gasteiger partial charge >= 0.3 is 5.97 Å². The fourth-order valence-electron chi connectivity index (χ4n) is 3.01. The molecule has 0 fully saturated rings. The first-order valence-corrected chi connectivity index (χ1v) is 9.09. The van der Waals surface area contributed by atoms with Crippen LogP contribution in [0.15, 0.2) is 29.1 Å². The summed E-state index contributed by atoms with van der Waals surface area (Å²) in [5.41, 5.74) is 1.09. The van der Waals surface area contributed by atoms with Crippen LogP contribution in [0.1, 0.15) is 43.2 Å². The number of fused-ring (bicyclic) bond motifs is 1. The maximum atomic E-state index is 14.2. The fourth-order valence-corrected chi connectivity index (χ4v) is 3.01. The van der Waals surface area contributed by atoms with Gasteiger partial charge in [0, 0.05) is 24.4 Å². The Balaban J connectivity index is 0.00000126. The second-order valence-corrected chi connectivity index (χ2v) is 5.66. The van der Waals surface area contributed by atoms with Gasteiger partial charge in [0.05, 0.1) is 25.1 Å². The van der Waals surface area contributed by atoms with Crippen molar-refractivity contribution >= 4 is 17.3 Å². The molecule has 146 valence electrons. The summed E-state index contributed by atoms with van der Waals surface area (Å²) < 4.78 is 25.9. The van der Waals surface area contributed by atoms with Gasteiger partial charge in [0.15, 0.2) is 0 Å². The van der Waals surface area contributed by atoms with Crippen molar-refractivity contribution in [2.75, 3.05) is 19.0 Å². The number of nitrogens with zero attached hydrogens (tertiary/aromatic N) is 1. The van der Waals surface area contributed by atoms with Crippen molar-refractivity contribution < 1.29 is 18.7 Å². The summed E-state index contributed by atoms with van der Waals surface area (Å²) >= 11 is 0. The van der Waals surface area contributed by atoms with Gasteiger partial charge in [0.2, 0.25) is 0 Å². The third-order valence-corrected chi connectivity index (χ3v) is 4.14. The third-order valence-electron chi connectivity index (χ3n) is 4.14. The fraction of sp³-hybridized carbons (Fsp3) is 0.400. The molecule has 0 unspecified atom stereocenters. The lowest BCUT2D eigenvalue weighted by molar-refractivity contribution is 0.0525. The molecule has 0 spiro atoms. The second kappa shape index (κ2) is 9.21. The van der Waals surface area contributed by atoms with E-state index in [4.69, 9.17) is 9.47 Å². The van der Waals surface area contributed by atoms with Crippen molar-refractivity contribution in [1.29, 1.82) is 0 Å². The van der Waals surface area contributed by atoms with Crippen LogP contribution < -0.4 is 15.6 Å². The molecule has 0 bridgehead atoms. The molecule has 3 rings (SSSR count). The molecule has 2 aromatic rings. The van der Waals surface area contributed by atoms with E-state index in [9.17, 15) is 14.0 Å². The number of ether oxygens (including phenoxy) is 2. The van der Waals surface area contributed by atoms with Crippen molar-refractivity contribution in [2.45, 2.75) is 40.2 Å². The molecule has 1 N–H and O–H groups in total. The largest absolute Gasteiger partial charge is 0.497 e. The Hall–Kier alpha value is -2.83. The van der Waals surface area contributed by atoms with E-state index in [-0.39, 0.29) is 29.1 Å². The minimum absolute atomic E-state index is 0.147. The van der Waals surface area contributed by atoms with Gasteiger partial charge in [-0.25, -0.2) is 9.18 Å². The van der Waals surface area contributed by atoms with E-state index < -0.39 is 11.8 Å². The number of carbonyl (C=O) groups is 1. The highest BCUT2D eigenvalue weighted by molar-refractivity contribution is 5.97. The number of pyridine rings is 1. The zero-order valence-electron chi connectivity index (χ0n) is 16.1. The Morgan fingerprint density at radius 1 is 1.26 bits per heavy atom. The Labute approximate surface area is 157 Å². The normalized spacial score (nSPS) is 11.9. The number of carbonyl (C=O) groups excluding carboxylic acids is 1. The van der Waals surface area contributed by atoms with Gasteiger partial charge < -0.3 is 19.4 Å². The first-order valence-electron chi connectivity index (χ1n) is 9.09. The van der Waals surface area contributed by atoms with Gasteiger partial charge in [-0.3, -0.25) is 4.79 Å². The number of hydrogen-bond donors (Lipinski definition) is 1. The summed E-state index contributed by atoms with van der Waals surface area (Å²) in [4.78, 5) is 24.7. The zero-order chi connectivity index (χ0) is 20.0. The number of benzene rings is 1. The van der Waals surface area contributed by atoms with Gasteiger partial charge in [-0.05, 0) is 31.9 Å². The van der Waals surface area contributed by atoms with Crippen LogP contribution in [0.2, 0.25) is 0 Å². The van der Waals surface area contributed by atoms with Crippen LogP contribution >= 0.6 is 0 Å². The molecule has 2 heterocycles. The number of anilines is 2. The lowest BCUT2D eigenvalue weighted by atomic mass is 10.1. The highest BCUT2D eigenvalue weighted by Crippen LogP contribution is 2.29. The van der Waals surface area contributed by atoms with Crippen molar-refractivity contribution in [2.24, 2.45) is 0 Å². The minimum atomic E-state index is -0.547. The van der Waals surface area contributed by atoms with Crippen LogP contribution in [0.5, 0.6) is 5.75 Å². The molecular formula is C20H25FN2O4. The van der Waals surface area contributed by atoms with Gasteiger partial charge in [-0.1, -0.05) is 13.8 Å². The quantitative estimate of drug-likeness (QED) is 0.802. The SMILES string of the molecule is CC.CCOC(=O)c1c(Nc2ccc(OC)cc2F)cc(=O)n2c1CCC2. The molecule has 1 aliphatic heterocycles. The number of aromatic nitrogens is 1. The number of methoxy groups -OCH3 is 1. The lowest BCUT2D eigenvalue weighted by Gasteiger charge is -2.16. The molecule has 7 heteroatoms. The Morgan fingerprint density at radius 3 is 2.63 bits per heavy atom. The Morgan fingerprint density at radius 2 is 2.00 bits per heavy atom. The molecule has 0 amide bonds. The Kier molecular flexibility index (Phi) is 6.98. The molecule has 0 saturated carbocycles. The zero-order valence-corrected chi connectivity index (χ0v) is 16.1. The Bertz CT molecular complexity index is 877. The van der Waals surface area contributed by atoms with E-state index in [2.05, 4.69) is 5.32 Å². The molecule has 0 aliphatic carbocycles. The molecule has 6 nitrogen and oxygen atoms in total. The van der Waals surface area contributed by atoms with Crippen molar-refractivity contribution in [3.05, 3.63) is 51.7 Å². The summed E-state index contributed by atoms with van der Waals surface area (Å²) in [6.45, 7) is 6.50. The average molecular weight is 376 g/mol. The van der Waals surface area contributed by atoms with Crippen LogP contribution in [0.3, 0.4) is 0 Å². The number of nitrogens with one attached hydrogen (secondary N) is 1. The topological polar surface area (TPSA) is 69.6 Å². The van der Waals surface area contributed by atoms with Crippen LogP contribution in [0.25, 0.3) is 0 Å². The molecule has 1 aromatic heterocycles. The van der Waals surface area contributed by atoms with E-state index in [1.165, 1.54) is 25.3 Å². The van der Waals surface area contributed by atoms with Gasteiger partial charge in [-0.2, -0.15) is 0 Å². The van der Waals surface area contributed by atoms with Crippen molar-refractivity contribution in [1.82, 2.24) is 4.57 Å². The second-order valence-electron chi connectivity index (χ2n) is 5.66. The summed E-state index contributed by atoms with van der Waals surface area (Å²) in [5, 5.41) is 2.86. The smallest absolute Gasteiger partial charge is 0.342 e. The number of halogens is 1. The summed E-state index contributed by atoms with van der Waals surface area (Å²) in [7, 11) is 1.45. The number of hydrogen-bond acceptors (Lipinski definition) is 5. The molecule has 0 radical (unpaired) electrons. The molecule has 0 atom stereocenters. The predicted molar refractivity (Wildman–Crippen MR) is 103 cm³/mol. The van der Waals surface area contributed by atoms with E-state index in [0.29, 0.717) is 24.4 Å². The van der Waals surface area contributed by atoms with Gasteiger partial charge in [-0.15, -0.1) is 0 Å². The van der Waals surface area contributed by atoms with E-state index in [1.54, 1.807) is 17.6 Å². The highest BCUT2D eigenvalue weighted by Gasteiger charge is 2.25. The first-order chi connectivity index (χ1) is 13.0. The maximum absolute atomic E-state index is 14.2. The molecule has 27 heavy (non-hydrogen) atoms. The number of esters is 1. The van der Waals surface area contributed by atoms with Gasteiger partial charge in [0.25, 0.3) is 5.56 Å². The first kappa shape index (κ1) is 20.5. The number of rotatable bonds is 5. The standard InChI is InChI=1S/C18H19FN2O4.C2H6/c1-3-25-18(23)17-14(10-16(22)21-8-4-5-15(17)21)20-13-7-6-11(24-2)9-12(13)19;1-2/h6-7,9-10,20H,3-5,8H2,1-2H3;1-2H3. The molecule has 1 aliphatic rings. The predicted octanol–water partition coefficient (Wildman–Crippen LogP) is 3.89. The monoisotopic (exact) mass is 376 g/mol. The average Bonchev–Trinajstić information content (AvgIpc) is 3.15. The van der Waals surface area contributed by atoms with Crippen molar-refractivity contribution in [3.63, 3.8) is 0 Å². The van der Waals surface area contributed by atoms with Crippen LogP contribution in [0.4, 0.5) is 15.8 Å². The summed E-state index contributed by atoms with van der Waals surface area (Å²) in [6, 6.07) is 5.63. The van der Waals surface area contributed by atoms with Gasteiger partial charge in [0.1, 0.15) is 17.1 Å². The van der Waals surface area contributed by atoms with E-state index in [1.807, 2.05) is 13.8 Å². The van der Waals surface area contributed by atoms with Crippen LogP contribution in [-0.4, -0.2) is 24.3 Å². The summed E-state index contributed by atoms with van der Waals surface area (Å²) in [6.07, 6.45) is 1.38. The minimum Gasteiger partial charge on any atom is -0.497 e.